The highest BCUT2D eigenvalue weighted by atomic mass is 32.2. The number of rotatable bonds is 5. The second-order valence-electron chi connectivity index (χ2n) is 3.56. The molecule has 102 valence electrons. The van der Waals surface area contributed by atoms with Gasteiger partial charge < -0.3 is 5.32 Å². The molecule has 7 nitrogen and oxygen atoms in total. The highest BCUT2D eigenvalue weighted by molar-refractivity contribution is 8.01. The molecule has 2 rings (SSSR count). The van der Waals surface area contributed by atoms with E-state index in [4.69, 9.17) is 5.26 Å². The van der Waals surface area contributed by atoms with E-state index in [-0.39, 0.29) is 5.69 Å². The van der Waals surface area contributed by atoms with Crippen molar-refractivity contribution in [3.8, 4) is 6.07 Å². The Labute approximate surface area is 122 Å². The minimum absolute atomic E-state index is 0.0470. The van der Waals surface area contributed by atoms with Gasteiger partial charge in [0.15, 0.2) is 4.34 Å². The van der Waals surface area contributed by atoms with E-state index in [1.165, 1.54) is 29.5 Å². The van der Waals surface area contributed by atoms with Crippen LogP contribution in [0.25, 0.3) is 0 Å². The topological polar surface area (TPSA) is 105 Å². The Morgan fingerprint density at radius 3 is 3.00 bits per heavy atom. The van der Waals surface area contributed by atoms with Gasteiger partial charge in [-0.25, -0.2) is 0 Å². The molecule has 0 unspecified atom stereocenters. The number of nitrogens with one attached hydrogen (secondary N) is 1. The molecule has 0 bridgehead atoms. The van der Waals surface area contributed by atoms with Gasteiger partial charge in [-0.1, -0.05) is 11.3 Å². The first-order valence-corrected chi connectivity index (χ1v) is 7.21. The van der Waals surface area contributed by atoms with Gasteiger partial charge >= 0.3 is 0 Å². The third-order valence-corrected chi connectivity index (χ3v) is 4.20. The maximum atomic E-state index is 11.0. The highest BCUT2D eigenvalue weighted by Crippen LogP contribution is 2.37. The molecule has 1 aromatic heterocycles. The molecule has 0 spiro atoms. The van der Waals surface area contributed by atoms with Crippen molar-refractivity contribution >= 4 is 33.9 Å². The maximum absolute atomic E-state index is 11.0. The minimum atomic E-state index is -0.476. The molecule has 0 saturated heterocycles. The number of benzene rings is 1. The molecule has 1 heterocycles. The van der Waals surface area contributed by atoms with E-state index < -0.39 is 4.92 Å². The van der Waals surface area contributed by atoms with Crippen LogP contribution in [0.5, 0.6) is 0 Å². The lowest BCUT2D eigenvalue weighted by molar-refractivity contribution is -0.387. The van der Waals surface area contributed by atoms with Crippen LogP contribution >= 0.6 is 23.1 Å². The van der Waals surface area contributed by atoms with Crippen molar-refractivity contribution in [2.24, 2.45) is 0 Å². The van der Waals surface area contributed by atoms with Crippen LogP contribution in [0.2, 0.25) is 0 Å². The Bertz CT molecular complexity index is 680. The van der Waals surface area contributed by atoms with Crippen molar-refractivity contribution in [1.82, 2.24) is 10.2 Å². The molecule has 0 saturated carbocycles. The van der Waals surface area contributed by atoms with Crippen LogP contribution in [0, 0.1) is 21.4 Å². The lowest BCUT2D eigenvalue weighted by atomic mass is 10.2. The Hall–Kier alpha value is -2.18. The predicted octanol–water partition coefficient (Wildman–Crippen LogP) is 2.90. The quantitative estimate of drug-likeness (QED) is 0.668. The van der Waals surface area contributed by atoms with E-state index in [0.717, 1.165) is 18.3 Å². The summed E-state index contributed by atoms with van der Waals surface area (Å²) in [6, 6.07) is 6.20. The van der Waals surface area contributed by atoms with Gasteiger partial charge in [0.25, 0.3) is 5.69 Å². The molecular weight excluding hydrogens is 298 g/mol. The van der Waals surface area contributed by atoms with Gasteiger partial charge in [0.1, 0.15) is 0 Å². The van der Waals surface area contributed by atoms with E-state index in [2.05, 4.69) is 15.5 Å². The first-order valence-electron chi connectivity index (χ1n) is 5.57. The number of aromatic nitrogens is 2. The summed E-state index contributed by atoms with van der Waals surface area (Å²) in [6.07, 6.45) is 0. The Morgan fingerprint density at radius 1 is 1.55 bits per heavy atom. The molecule has 1 aromatic carbocycles. The Morgan fingerprint density at radius 2 is 2.35 bits per heavy atom. The van der Waals surface area contributed by atoms with Crippen LogP contribution in [0.1, 0.15) is 12.5 Å². The first kappa shape index (κ1) is 14.2. The predicted molar refractivity (Wildman–Crippen MR) is 76.0 cm³/mol. The van der Waals surface area contributed by atoms with Gasteiger partial charge in [-0.2, -0.15) is 5.26 Å². The molecule has 0 amide bonds. The van der Waals surface area contributed by atoms with Gasteiger partial charge in [-0.15, -0.1) is 10.2 Å². The van der Waals surface area contributed by atoms with Gasteiger partial charge in [0.05, 0.1) is 21.5 Å². The summed E-state index contributed by atoms with van der Waals surface area (Å²) in [6.45, 7) is 2.67. The van der Waals surface area contributed by atoms with E-state index >= 15 is 0 Å². The smallest absolute Gasteiger partial charge is 0.283 e. The fourth-order valence-corrected chi connectivity index (χ4v) is 3.30. The Balaban J connectivity index is 2.30. The number of hydrogen-bond acceptors (Lipinski definition) is 8. The van der Waals surface area contributed by atoms with Crippen molar-refractivity contribution in [1.29, 1.82) is 5.26 Å². The average molecular weight is 307 g/mol. The fourth-order valence-electron chi connectivity index (χ4n) is 1.38. The lowest BCUT2D eigenvalue weighted by Crippen LogP contribution is -1.94. The molecule has 0 aliphatic heterocycles. The first-order chi connectivity index (χ1) is 9.63. The van der Waals surface area contributed by atoms with Crippen molar-refractivity contribution in [3.63, 3.8) is 0 Å². The number of anilines is 1. The van der Waals surface area contributed by atoms with E-state index in [0.29, 0.717) is 19.9 Å². The molecule has 20 heavy (non-hydrogen) atoms. The standard InChI is InChI=1S/C11H9N5O2S2/c1-2-13-10-14-15-11(20-10)19-9-5-7(6-12)3-4-8(9)16(17)18/h3-5H,2H2,1H3,(H,13,14). The van der Waals surface area contributed by atoms with Crippen LogP contribution in [0.4, 0.5) is 10.8 Å². The fraction of sp³-hybridized carbons (Fsp3) is 0.182. The molecule has 0 aliphatic rings. The second-order valence-corrected chi connectivity index (χ2v) is 5.82. The molecule has 0 atom stereocenters. The van der Waals surface area contributed by atoms with Crippen LogP contribution in [-0.4, -0.2) is 21.7 Å². The zero-order valence-corrected chi connectivity index (χ0v) is 12.0. The van der Waals surface area contributed by atoms with E-state index in [1.54, 1.807) is 0 Å². The summed E-state index contributed by atoms with van der Waals surface area (Å²) >= 11 is 2.44. The van der Waals surface area contributed by atoms with Gasteiger partial charge in [-0.3, -0.25) is 10.1 Å². The van der Waals surface area contributed by atoms with E-state index in [9.17, 15) is 10.1 Å². The number of nitro groups is 1. The summed E-state index contributed by atoms with van der Waals surface area (Å²) < 4.78 is 0.583. The second kappa shape index (κ2) is 6.31. The number of nitrogens with zero attached hydrogens (tertiary/aromatic N) is 4. The SMILES string of the molecule is CCNc1nnc(Sc2cc(C#N)ccc2[N+](=O)[O-])s1. The van der Waals surface area contributed by atoms with Crippen LogP contribution in [0.15, 0.2) is 27.4 Å². The van der Waals surface area contributed by atoms with Gasteiger partial charge in [0, 0.05) is 12.6 Å². The van der Waals surface area contributed by atoms with Crippen LogP contribution in [0.3, 0.4) is 0 Å². The number of hydrogen-bond donors (Lipinski definition) is 1. The van der Waals surface area contributed by atoms with Crippen molar-refractivity contribution in [3.05, 3.63) is 33.9 Å². The molecule has 9 heteroatoms. The largest absolute Gasteiger partial charge is 0.360 e. The third-order valence-electron chi connectivity index (χ3n) is 2.22. The summed E-state index contributed by atoms with van der Waals surface area (Å²) in [5.74, 6) is 0. The molecule has 0 fully saturated rings. The van der Waals surface area contributed by atoms with Gasteiger partial charge in [-0.05, 0) is 30.8 Å². The average Bonchev–Trinajstić information content (AvgIpc) is 2.86. The number of nitriles is 1. The zero-order valence-electron chi connectivity index (χ0n) is 10.4. The minimum Gasteiger partial charge on any atom is -0.360 e. The van der Waals surface area contributed by atoms with Crippen LogP contribution in [-0.2, 0) is 0 Å². The summed E-state index contributed by atoms with van der Waals surface area (Å²) in [5.41, 5.74) is 0.323. The molecule has 0 aliphatic carbocycles. The molecule has 2 aromatic rings. The lowest BCUT2D eigenvalue weighted by Gasteiger charge is -2.00. The van der Waals surface area contributed by atoms with Crippen molar-refractivity contribution in [2.75, 3.05) is 11.9 Å². The van der Waals surface area contributed by atoms with E-state index in [1.807, 2.05) is 13.0 Å². The zero-order chi connectivity index (χ0) is 14.5. The van der Waals surface area contributed by atoms with Crippen molar-refractivity contribution < 1.29 is 4.92 Å². The monoisotopic (exact) mass is 307 g/mol. The summed E-state index contributed by atoms with van der Waals surface area (Å²) in [4.78, 5) is 10.9. The van der Waals surface area contributed by atoms with Crippen LogP contribution < -0.4 is 5.32 Å². The molecular formula is C11H9N5O2S2. The molecule has 0 radical (unpaired) electrons. The van der Waals surface area contributed by atoms with Crippen molar-refractivity contribution in [2.45, 2.75) is 16.2 Å². The highest BCUT2D eigenvalue weighted by Gasteiger charge is 2.17. The third kappa shape index (κ3) is 3.23. The molecule has 1 N–H and O–H groups in total. The summed E-state index contributed by atoms with van der Waals surface area (Å²) in [7, 11) is 0. The normalized spacial score (nSPS) is 10.0. The van der Waals surface area contributed by atoms with Gasteiger partial charge in [0.2, 0.25) is 5.13 Å². The Kier molecular flexibility index (Phi) is 4.49. The number of nitro benzene ring substituents is 1. The summed E-state index contributed by atoms with van der Waals surface area (Å²) in [5, 5.41) is 31.4. The maximum Gasteiger partial charge on any atom is 0.283 e.